The highest BCUT2D eigenvalue weighted by Gasteiger charge is 2.29. The number of aliphatic carboxylic acids is 2. The van der Waals surface area contributed by atoms with E-state index in [4.69, 9.17) is 10.2 Å². The SMILES string of the molecule is O=C(O)CC[C@H](NC(=O)CSC1CCS(=O)(=O)C1)C(=O)O. The van der Waals surface area contributed by atoms with Crippen molar-refractivity contribution in [3.63, 3.8) is 0 Å². The van der Waals surface area contributed by atoms with E-state index in [0.717, 1.165) is 0 Å². The third-order valence-electron chi connectivity index (χ3n) is 2.92. The summed E-state index contributed by atoms with van der Waals surface area (Å²) in [7, 11) is -3.01. The highest BCUT2D eigenvalue weighted by Crippen LogP contribution is 2.24. The number of sulfone groups is 1. The van der Waals surface area contributed by atoms with Crippen LogP contribution in [0.2, 0.25) is 0 Å². The average molecular weight is 339 g/mol. The molecule has 1 saturated heterocycles. The van der Waals surface area contributed by atoms with Crippen LogP contribution in [-0.4, -0.2) is 65.0 Å². The molecule has 1 aliphatic heterocycles. The van der Waals surface area contributed by atoms with Crippen molar-refractivity contribution in [3.05, 3.63) is 0 Å². The first-order valence-electron chi connectivity index (χ1n) is 6.25. The number of amides is 1. The Bertz CT molecular complexity index is 517. The quantitative estimate of drug-likeness (QED) is 0.530. The molecule has 3 N–H and O–H groups in total. The monoisotopic (exact) mass is 339 g/mol. The second kappa shape index (κ2) is 7.64. The summed E-state index contributed by atoms with van der Waals surface area (Å²) in [4.78, 5) is 32.9. The van der Waals surface area contributed by atoms with Gasteiger partial charge in [-0.1, -0.05) is 0 Å². The molecule has 21 heavy (non-hydrogen) atoms. The van der Waals surface area contributed by atoms with Gasteiger partial charge in [-0.15, -0.1) is 11.8 Å². The molecule has 0 bridgehead atoms. The van der Waals surface area contributed by atoms with Crippen LogP contribution in [0.1, 0.15) is 19.3 Å². The minimum atomic E-state index is -3.01. The Kier molecular flexibility index (Phi) is 6.46. The van der Waals surface area contributed by atoms with Gasteiger partial charge in [-0.25, -0.2) is 13.2 Å². The summed E-state index contributed by atoms with van der Waals surface area (Å²) < 4.78 is 22.5. The Balaban J connectivity index is 2.37. The summed E-state index contributed by atoms with van der Waals surface area (Å²) >= 11 is 1.17. The van der Waals surface area contributed by atoms with E-state index >= 15 is 0 Å². The molecule has 0 aliphatic carbocycles. The second-order valence-corrected chi connectivity index (χ2v) is 8.24. The summed E-state index contributed by atoms with van der Waals surface area (Å²) in [5.74, 6) is -2.87. The second-order valence-electron chi connectivity index (χ2n) is 4.73. The fourth-order valence-corrected chi connectivity index (χ4v) is 5.30. The van der Waals surface area contributed by atoms with Gasteiger partial charge in [0.2, 0.25) is 5.91 Å². The van der Waals surface area contributed by atoms with Crippen LogP contribution in [0, 0.1) is 0 Å². The Labute approximate surface area is 126 Å². The molecule has 1 heterocycles. The molecule has 0 radical (unpaired) electrons. The number of carbonyl (C=O) groups excluding carboxylic acids is 1. The van der Waals surface area contributed by atoms with E-state index in [-0.39, 0.29) is 35.4 Å². The van der Waals surface area contributed by atoms with Gasteiger partial charge in [0, 0.05) is 11.7 Å². The smallest absolute Gasteiger partial charge is 0.326 e. The van der Waals surface area contributed by atoms with Gasteiger partial charge >= 0.3 is 11.9 Å². The number of hydrogen-bond donors (Lipinski definition) is 3. The molecule has 0 saturated carbocycles. The summed E-state index contributed by atoms with van der Waals surface area (Å²) in [5.41, 5.74) is 0. The van der Waals surface area contributed by atoms with Crippen molar-refractivity contribution in [3.8, 4) is 0 Å². The van der Waals surface area contributed by atoms with Gasteiger partial charge in [0.05, 0.1) is 17.3 Å². The molecule has 1 aliphatic rings. The van der Waals surface area contributed by atoms with Crippen molar-refractivity contribution >= 4 is 39.4 Å². The number of rotatable bonds is 8. The molecule has 10 heteroatoms. The lowest BCUT2D eigenvalue weighted by Crippen LogP contribution is -2.42. The van der Waals surface area contributed by atoms with Crippen LogP contribution < -0.4 is 5.32 Å². The summed E-state index contributed by atoms with van der Waals surface area (Å²) in [6.07, 6.45) is -0.0637. The largest absolute Gasteiger partial charge is 0.481 e. The van der Waals surface area contributed by atoms with Gasteiger partial charge in [0.15, 0.2) is 9.84 Å². The average Bonchev–Trinajstić information content (AvgIpc) is 2.71. The van der Waals surface area contributed by atoms with E-state index in [0.29, 0.717) is 6.42 Å². The number of hydrogen-bond acceptors (Lipinski definition) is 6. The molecular formula is C11H17NO7S2. The normalized spacial score (nSPS) is 21.6. The first-order valence-corrected chi connectivity index (χ1v) is 9.12. The number of carboxylic acid groups (broad SMARTS) is 2. The van der Waals surface area contributed by atoms with Gasteiger partial charge in [-0.3, -0.25) is 9.59 Å². The molecule has 120 valence electrons. The summed E-state index contributed by atoms with van der Waals surface area (Å²) in [6.45, 7) is 0. The lowest BCUT2D eigenvalue weighted by atomic mass is 10.1. The maximum Gasteiger partial charge on any atom is 0.326 e. The van der Waals surface area contributed by atoms with Crippen molar-refractivity contribution in [2.75, 3.05) is 17.3 Å². The molecule has 8 nitrogen and oxygen atoms in total. The van der Waals surface area contributed by atoms with Crippen molar-refractivity contribution in [2.24, 2.45) is 0 Å². The van der Waals surface area contributed by atoms with Crippen molar-refractivity contribution in [2.45, 2.75) is 30.6 Å². The maximum absolute atomic E-state index is 11.6. The zero-order chi connectivity index (χ0) is 16.0. The molecule has 0 aromatic carbocycles. The minimum Gasteiger partial charge on any atom is -0.481 e. The Morgan fingerprint density at radius 2 is 1.95 bits per heavy atom. The van der Waals surface area contributed by atoms with Crippen LogP contribution >= 0.6 is 11.8 Å². The predicted molar refractivity (Wildman–Crippen MR) is 76.0 cm³/mol. The number of carboxylic acids is 2. The zero-order valence-corrected chi connectivity index (χ0v) is 12.8. The highest BCUT2D eigenvalue weighted by atomic mass is 32.2. The molecule has 1 fully saturated rings. The van der Waals surface area contributed by atoms with E-state index in [1.54, 1.807) is 0 Å². The Morgan fingerprint density at radius 3 is 2.43 bits per heavy atom. The van der Waals surface area contributed by atoms with E-state index in [2.05, 4.69) is 5.32 Å². The Morgan fingerprint density at radius 1 is 1.29 bits per heavy atom. The molecule has 1 rings (SSSR count). The standard InChI is InChI=1S/C11H17NO7S2/c13-9(5-20-7-3-4-21(18,19)6-7)12-8(11(16)17)1-2-10(14)15/h7-8H,1-6H2,(H,12,13)(H,14,15)(H,16,17)/t7?,8-/m0/s1. The lowest BCUT2D eigenvalue weighted by Gasteiger charge is -2.14. The van der Waals surface area contributed by atoms with Gasteiger partial charge in [-0.05, 0) is 12.8 Å². The van der Waals surface area contributed by atoms with Crippen LogP contribution in [0.5, 0.6) is 0 Å². The third-order valence-corrected chi connectivity index (χ3v) is 6.20. The number of thioether (sulfide) groups is 1. The first kappa shape index (κ1) is 17.8. The van der Waals surface area contributed by atoms with Crippen molar-refractivity contribution < 1.29 is 33.0 Å². The molecule has 0 aromatic heterocycles. The van der Waals surface area contributed by atoms with Crippen LogP contribution in [0.3, 0.4) is 0 Å². The molecule has 0 aromatic rings. The topological polar surface area (TPSA) is 138 Å². The zero-order valence-electron chi connectivity index (χ0n) is 11.1. The summed E-state index contributed by atoms with van der Waals surface area (Å²) in [5, 5.41) is 19.5. The molecular weight excluding hydrogens is 322 g/mol. The van der Waals surface area contributed by atoms with E-state index in [9.17, 15) is 22.8 Å². The van der Waals surface area contributed by atoms with Crippen LogP contribution in [-0.2, 0) is 24.2 Å². The van der Waals surface area contributed by atoms with E-state index in [1.165, 1.54) is 11.8 Å². The van der Waals surface area contributed by atoms with E-state index in [1.807, 2.05) is 0 Å². The lowest BCUT2D eigenvalue weighted by molar-refractivity contribution is -0.142. The Hall–Kier alpha value is -1.29. The molecule has 1 amide bonds. The fraction of sp³-hybridized carbons (Fsp3) is 0.727. The van der Waals surface area contributed by atoms with Crippen LogP contribution in [0.15, 0.2) is 0 Å². The van der Waals surface area contributed by atoms with E-state index < -0.39 is 33.7 Å². The predicted octanol–water partition coefficient (Wildman–Crippen LogP) is -0.659. The van der Waals surface area contributed by atoms with Crippen LogP contribution in [0.25, 0.3) is 0 Å². The van der Waals surface area contributed by atoms with Gasteiger partial charge in [-0.2, -0.15) is 0 Å². The number of carbonyl (C=O) groups is 3. The maximum atomic E-state index is 11.6. The van der Waals surface area contributed by atoms with Gasteiger partial charge in [0.1, 0.15) is 6.04 Å². The summed E-state index contributed by atoms with van der Waals surface area (Å²) in [6, 6.07) is -1.25. The van der Waals surface area contributed by atoms with Gasteiger partial charge in [0.25, 0.3) is 0 Å². The van der Waals surface area contributed by atoms with Crippen molar-refractivity contribution in [1.82, 2.24) is 5.32 Å². The number of nitrogens with one attached hydrogen (secondary N) is 1. The first-order chi connectivity index (χ1) is 9.69. The van der Waals surface area contributed by atoms with Crippen LogP contribution in [0.4, 0.5) is 0 Å². The third kappa shape index (κ3) is 6.80. The molecule has 2 atom stereocenters. The van der Waals surface area contributed by atoms with Gasteiger partial charge < -0.3 is 15.5 Å². The van der Waals surface area contributed by atoms with Crippen molar-refractivity contribution in [1.29, 1.82) is 0 Å². The molecule has 1 unspecified atom stereocenters. The fourth-order valence-electron chi connectivity index (χ4n) is 1.85. The molecule has 0 spiro atoms. The highest BCUT2D eigenvalue weighted by molar-refractivity contribution is 8.02. The minimum absolute atomic E-state index is 0.0340.